The van der Waals surface area contributed by atoms with E-state index in [4.69, 9.17) is 18.9 Å². The molecule has 2 N–H and O–H groups in total. The number of hydrogen-bond donors (Lipinski definition) is 2. The first kappa shape index (κ1) is 29.4. The molecule has 1 aromatic heterocycles. The second-order valence-corrected chi connectivity index (χ2v) is 11.0. The van der Waals surface area contributed by atoms with Crippen LogP contribution in [-0.4, -0.2) is 66.0 Å². The monoisotopic (exact) mass is 606 g/mol. The molecule has 3 aromatic carbocycles. The van der Waals surface area contributed by atoms with Gasteiger partial charge in [0, 0.05) is 24.5 Å². The fourth-order valence-corrected chi connectivity index (χ4v) is 5.24. The van der Waals surface area contributed by atoms with Gasteiger partial charge in [-0.1, -0.05) is 12.1 Å². The zero-order valence-electron chi connectivity index (χ0n) is 24.2. The van der Waals surface area contributed by atoms with Gasteiger partial charge in [0.25, 0.3) is 11.8 Å². The van der Waals surface area contributed by atoms with E-state index in [1.807, 2.05) is 12.1 Å². The van der Waals surface area contributed by atoms with E-state index in [2.05, 4.69) is 15.7 Å². The van der Waals surface area contributed by atoms with Crippen LogP contribution in [0.25, 0.3) is 16.6 Å². The summed E-state index contributed by atoms with van der Waals surface area (Å²) in [6.45, 7) is 4.09. The largest absolute Gasteiger partial charge is 0.486 e. The number of halogens is 2. The number of fused-ring (bicyclic) bond motifs is 2. The van der Waals surface area contributed by atoms with Crippen LogP contribution in [0.2, 0.25) is 0 Å². The highest BCUT2D eigenvalue weighted by atomic mass is 19.3. The molecular weight excluding hydrogens is 574 g/mol. The lowest BCUT2D eigenvalue weighted by molar-refractivity contribution is -0.144. The second kappa shape index (κ2) is 12.1. The topological polar surface area (TPSA) is 113 Å². The van der Waals surface area contributed by atoms with Crippen molar-refractivity contribution in [3.63, 3.8) is 0 Å². The first-order valence-corrected chi connectivity index (χ1v) is 14.4. The van der Waals surface area contributed by atoms with E-state index in [1.54, 1.807) is 66.3 Å². The number of hydrogen-bond acceptors (Lipinski definition) is 7. The minimum absolute atomic E-state index is 0.00407. The van der Waals surface area contributed by atoms with Gasteiger partial charge in [0.15, 0.2) is 11.5 Å². The molecule has 0 radical (unpaired) electrons. The van der Waals surface area contributed by atoms with E-state index in [9.17, 15) is 18.4 Å². The van der Waals surface area contributed by atoms with Crippen molar-refractivity contribution in [3.05, 3.63) is 78.0 Å². The molecule has 2 amide bonds. The van der Waals surface area contributed by atoms with Crippen molar-refractivity contribution in [2.24, 2.45) is 0 Å². The van der Waals surface area contributed by atoms with Crippen LogP contribution >= 0.6 is 0 Å². The summed E-state index contributed by atoms with van der Waals surface area (Å²) in [7, 11) is 0. The molecule has 10 nitrogen and oxygen atoms in total. The molecule has 230 valence electrons. The Kier molecular flexibility index (Phi) is 8.09. The Bertz CT molecular complexity index is 1680. The van der Waals surface area contributed by atoms with Gasteiger partial charge in [-0.3, -0.25) is 9.59 Å². The number of aromatic nitrogens is 2. The molecule has 44 heavy (non-hydrogen) atoms. The molecule has 2 aliphatic rings. The third kappa shape index (κ3) is 6.30. The molecule has 0 spiro atoms. The van der Waals surface area contributed by atoms with E-state index in [-0.39, 0.29) is 11.9 Å². The number of amides is 2. The smallest absolute Gasteiger partial charge is 0.321 e. The third-order valence-corrected chi connectivity index (χ3v) is 7.53. The predicted molar refractivity (Wildman–Crippen MR) is 157 cm³/mol. The number of alkyl halides is 2. The summed E-state index contributed by atoms with van der Waals surface area (Å²) in [5.74, 6) is -3.62. The van der Waals surface area contributed by atoms with Crippen LogP contribution in [0.5, 0.6) is 17.2 Å². The highest BCUT2D eigenvalue weighted by Gasteiger charge is 2.35. The maximum absolute atomic E-state index is 13.7. The average molecular weight is 607 g/mol. The van der Waals surface area contributed by atoms with Gasteiger partial charge in [-0.25, -0.2) is 4.68 Å². The van der Waals surface area contributed by atoms with Gasteiger partial charge in [-0.2, -0.15) is 13.9 Å². The van der Waals surface area contributed by atoms with Crippen molar-refractivity contribution >= 4 is 22.7 Å². The molecule has 0 bridgehead atoms. The van der Waals surface area contributed by atoms with E-state index in [0.29, 0.717) is 67.4 Å². The number of carbonyl (C=O) groups is 2. The molecule has 1 saturated heterocycles. The molecule has 3 atom stereocenters. The predicted octanol–water partition coefficient (Wildman–Crippen LogP) is 4.60. The quantitative estimate of drug-likeness (QED) is 0.287. The lowest BCUT2D eigenvalue weighted by atomic mass is 10.0. The Morgan fingerprint density at radius 2 is 1.86 bits per heavy atom. The van der Waals surface area contributed by atoms with Gasteiger partial charge in [-0.05, 0) is 67.4 Å². The van der Waals surface area contributed by atoms with Crippen LogP contribution in [0.1, 0.15) is 42.3 Å². The summed E-state index contributed by atoms with van der Waals surface area (Å²) < 4.78 is 52.2. The second-order valence-electron chi connectivity index (χ2n) is 11.0. The highest BCUT2D eigenvalue weighted by molar-refractivity contribution is 5.95. The number of benzene rings is 3. The Morgan fingerprint density at radius 1 is 1.05 bits per heavy atom. The van der Waals surface area contributed by atoms with Crippen LogP contribution in [0, 0.1) is 0 Å². The summed E-state index contributed by atoms with van der Waals surface area (Å²) in [6, 6.07) is 16.9. The van der Waals surface area contributed by atoms with Crippen LogP contribution < -0.4 is 24.8 Å². The standard InChI is InChI=1S/C32H32F2N4O6/c1-19(36-31(40)32(2,33)34)29(20-6-9-27-28(16-20)43-13-12-42-27)44-25-7-8-26-22(15-25)17-35-38(26)24-5-3-4-21(14-24)30(39)37-23-10-11-41-18-23/h3-9,14-17,19,23,29H,10-13,18H2,1-2H3,(H,36,40)(H,37,39)/t19-,23?,29?/m0/s1. The fraction of sp³-hybridized carbons (Fsp3) is 0.344. The maximum Gasteiger partial charge on any atom is 0.321 e. The molecule has 0 saturated carbocycles. The molecule has 3 heterocycles. The summed E-state index contributed by atoms with van der Waals surface area (Å²) >= 11 is 0. The van der Waals surface area contributed by atoms with E-state index >= 15 is 0 Å². The van der Waals surface area contributed by atoms with Crippen molar-refractivity contribution in [2.75, 3.05) is 26.4 Å². The van der Waals surface area contributed by atoms with E-state index in [1.165, 1.54) is 0 Å². The van der Waals surface area contributed by atoms with Crippen LogP contribution in [-0.2, 0) is 9.53 Å². The maximum atomic E-state index is 13.7. The number of nitrogens with one attached hydrogen (secondary N) is 2. The van der Waals surface area contributed by atoms with Crippen molar-refractivity contribution in [3.8, 4) is 22.9 Å². The summed E-state index contributed by atoms with van der Waals surface area (Å²) in [6.07, 6.45) is 1.61. The van der Waals surface area contributed by atoms with Crippen molar-refractivity contribution in [1.29, 1.82) is 0 Å². The first-order chi connectivity index (χ1) is 21.2. The van der Waals surface area contributed by atoms with Gasteiger partial charge in [0.05, 0.1) is 36.1 Å². The van der Waals surface area contributed by atoms with Gasteiger partial charge >= 0.3 is 5.92 Å². The minimum atomic E-state index is -3.55. The lowest BCUT2D eigenvalue weighted by Gasteiger charge is -2.28. The zero-order valence-corrected chi connectivity index (χ0v) is 24.2. The number of rotatable bonds is 9. The zero-order chi connectivity index (χ0) is 30.8. The summed E-state index contributed by atoms with van der Waals surface area (Å²) in [4.78, 5) is 25.0. The summed E-state index contributed by atoms with van der Waals surface area (Å²) in [5.41, 5.74) is 2.59. The van der Waals surface area contributed by atoms with Gasteiger partial charge in [0.2, 0.25) is 0 Å². The van der Waals surface area contributed by atoms with E-state index in [0.717, 1.165) is 17.3 Å². The normalized spacial score (nSPS) is 17.6. The molecule has 4 aromatic rings. The fourth-order valence-electron chi connectivity index (χ4n) is 5.24. The SMILES string of the molecule is C[C@H](NC(=O)C(C)(F)F)C(Oc1ccc2c(cnn2-c2cccc(C(=O)NC3CCOC3)c2)c1)c1ccc2c(c1)OCCO2. The van der Waals surface area contributed by atoms with E-state index < -0.39 is 24.0 Å². The Hall–Kier alpha value is -4.71. The molecule has 0 aliphatic carbocycles. The molecule has 12 heteroatoms. The molecule has 1 fully saturated rings. The third-order valence-electron chi connectivity index (χ3n) is 7.53. The molecule has 2 unspecified atom stereocenters. The molecule has 2 aliphatic heterocycles. The number of carbonyl (C=O) groups excluding carboxylic acids is 2. The lowest BCUT2D eigenvalue weighted by Crippen LogP contribution is -2.46. The molecular formula is C32H32F2N4O6. The van der Waals surface area contributed by atoms with Gasteiger partial charge < -0.3 is 29.6 Å². The van der Waals surface area contributed by atoms with Gasteiger partial charge in [-0.15, -0.1) is 0 Å². The van der Waals surface area contributed by atoms with Gasteiger partial charge in [0.1, 0.15) is 25.1 Å². The van der Waals surface area contributed by atoms with Crippen molar-refractivity contribution in [1.82, 2.24) is 20.4 Å². The first-order valence-electron chi connectivity index (χ1n) is 14.4. The van der Waals surface area contributed by atoms with Crippen LogP contribution in [0.4, 0.5) is 8.78 Å². The average Bonchev–Trinajstić information content (AvgIpc) is 3.69. The molecule has 6 rings (SSSR count). The Labute approximate surface area is 252 Å². The van der Waals surface area contributed by atoms with Crippen LogP contribution in [0.15, 0.2) is 66.9 Å². The highest BCUT2D eigenvalue weighted by Crippen LogP contribution is 2.36. The Morgan fingerprint density at radius 3 is 2.64 bits per heavy atom. The van der Waals surface area contributed by atoms with Crippen LogP contribution in [0.3, 0.4) is 0 Å². The Balaban J connectivity index is 1.26. The summed E-state index contributed by atoms with van der Waals surface area (Å²) in [5, 5.41) is 10.7. The van der Waals surface area contributed by atoms with Crippen molar-refractivity contribution < 1.29 is 37.3 Å². The number of nitrogens with zero attached hydrogens (tertiary/aromatic N) is 2. The minimum Gasteiger partial charge on any atom is -0.486 e. The number of ether oxygens (including phenoxy) is 4. The van der Waals surface area contributed by atoms with Crippen molar-refractivity contribution in [2.45, 2.75) is 44.4 Å².